The number of anilines is 3. The Morgan fingerprint density at radius 2 is 1.83 bits per heavy atom. The van der Waals surface area contributed by atoms with Gasteiger partial charge in [-0.3, -0.25) is 0 Å². The number of halogens is 3. The number of rotatable bonds is 3. The summed E-state index contributed by atoms with van der Waals surface area (Å²) in [5.74, 6) is -1.74. The van der Waals surface area contributed by atoms with Crippen LogP contribution in [0.2, 0.25) is 0 Å². The standard InChI is InChI=1S/C13H10F3N7/c14-13(15,16)11-20-12(17)23(22-11)10-6-9(7-18-21-10)19-8-4-2-1-3-5-8/h1-7H,(H,19,21)(H2,17,20,22). The Labute approximate surface area is 128 Å². The molecule has 0 bridgehead atoms. The molecule has 0 fully saturated rings. The minimum Gasteiger partial charge on any atom is -0.368 e. The van der Waals surface area contributed by atoms with Gasteiger partial charge >= 0.3 is 6.18 Å². The number of nitrogens with one attached hydrogen (secondary N) is 1. The van der Waals surface area contributed by atoms with E-state index in [4.69, 9.17) is 5.73 Å². The Bertz CT molecular complexity index is 814. The van der Waals surface area contributed by atoms with Gasteiger partial charge in [-0.05, 0) is 12.1 Å². The van der Waals surface area contributed by atoms with Gasteiger partial charge in [-0.15, -0.1) is 10.2 Å². The van der Waals surface area contributed by atoms with Crippen molar-refractivity contribution in [2.75, 3.05) is 11.1 Å². The third-order valence-electron chi connectivity index (χ3n) is 2.81. The smallest absolute Gasteiger partial charge is 0.368 e. The number of nitrogens with zero attached hydrogens (tertiary/aromatic N) is 5. The lowest BCUT2D eigenvalue weighted by Crippen LogP contribution is -2.09. The molecule has 2 heterocycles. The van der Waals surface area contributed by atoms with Crippen LogP contribution in [0.15, 0.2) is 42.6 Å². The van der Waals surface area contributed by atoms with Crippen molar-refractivity contribution in [2.45, 2.75) is 6.18 Å². The van der Waals surface area contributed by atoms with Crippen LogP contribution in [0.4, 0.5) is 30.5 Å². The van der Waals surface area contributed by atoms with Crippen molar-refractivity contribution in [2.24, 2.45) is 0 Å². The fourth-order valence-corrected chi connectivity index (χ4v) is 1.83. The van der Waals surface area contributed by atoms with Gasteiger partial charge in [-0.25, -0.2) is 0 Å². The quantitative estimate of drug-likeness (QED) is 0.769. The maximum absolute atomic E-state index is 12.6. The lowest BCUT2D eigenvalue weighted by Gasteiger charge is -2.07. The van der Waals surface area contributed by atoms with Crippen LogP contribution in [-0.2, 0) is 6.18 Å². The average molecular weight is 321 g/mol. The van der Waals surface area contributed by atoms with Gasteiger partial charge in [-0.2, -0.15) is 27.9 Å². The average Bonchev–Trinajstić information content (AvgIpc) is 2.91. The molecule has 0 aliphatic heterocycles. The lowest BCUT2D eigenvalue weighted by atomic mass is 10.3. The van der Waals surface area contributed by atoms with Gasteiger partial charge in [-0.1, -0.05) is 18.2 Å². The Hall–Kier alpha value is -3.17. The van der Waals surface area contributed by atoms with Crippen LogP contribution in [0, 0.1) is 0 Å². The first-order chi connectivity index (χ1) is 10.9. The predicted molar refractivity (Wildman–Crippen MR) is 76.1 cm³/mol. The molecule has 3 aromatic rings. The van der Waals surface area contributed by atoms with Crippen LogP contribution in [-0.4, -0.2) is 25.0 Å². The van der Waals surface area contributed by atoms with Crippen molar-refractivity contribution in [3.63, 3.8) is 0 Å². The maximum atomic E-state index is 12.6. The van der Waals surface area contributed by atoms with Crippen molar-refractivity contribution in [1.82, 2.24) is 25.0 Å². The summed E-state index contributed by atoms with van der Waals surface area (Å²) in [5, 5.41) is 13.8. The van der Waals surface area contributed by atoms with E-state index in [2.05, 4.69) is 25.6 Å². The van der Waals surface area contributed by atoms with E-state index in [1.54, 1.807) is 0 Å². The van der Waals surface area contributed by atoms with Crippen LogP contribution in [0.3, 0.4) is 0 Å². The third-order valence-corrected chi connectivity index (χ3v) is 2.81. The molecule has 0 spiro atoms. The first-order valence-electron chi connectivity index (χ1n) is 6.38. The number of para-hydroxylation sites is 1. The lowest BCUT2D eigenvalue weighted by molar-refractivity contribution is -0.144. The second kappa shape index (κ2) is 5.55. The second-order valence-electron chi connectivity index (χ2n) is 4.50. The van der Waals surface area contributed by atoms with Gasteiger partial charge in [0, 0.05) is 11.8 Å². The molecule has 0 atom stereocenters. The van der Waals surface area contributed by atoms with Gasteiger partial charge in [0.2, 0.25) is 5.95 Å². The number of hydrogen-bond donors (Lipinski definition) is 2. The van der Waals surface area contributed by atoms with Crippen LogP contribution >= 0.6 is 0 Å². The summed E-state index contributed by atoms with van der Waals surface area (Å²) in [7, 11) is 0. The van der Waals surface area contributed by atoms with Crippen molar-refractivity contribution in [3.8, 4) is 5.82 Å². The highest BCUT2D eigenvalue weighted by atomic mass is 19.4. The highest BCUT2D eigenvalue weighted by Crippen LogP contribution is 2.27. The summed E-state index contributed by atoms with van der Waals surface area (Å²) in [6.45, 7) is 0. The molecule has 118 valence electrons. The molecule has 1 aromatic carbocycles. The number of alkyl halides is 3. The van der Waals surface area contributed by atoms with E-state index in [0.29, 0.717) is 5.69 Å². The molecule has 0 aliphatic rings. The first-order valence-corrected chi connectivity index (χ1v) is 6.38. The Balaban J connectivity index is 1.93. The molecule has 7 nitrogen and oxygen atoms in total. The fourth-order valence-electron chi connectivity index (χ4n) is 1.83. The molecule has 10 heteroatoms. The molecule has 23 heavy (non-hydrogen) atoms. The highest BCUT2D eigenvalue weighted by molar-refractivity contribution is 5.59. The largest absolute Gasteiger partial charge is 0.453 e. The molecule has 2 aromatic heterocycles. The number of aromatic nitrogens is 5. The van der Waals surface area contributed by atoms with Gasteiger partial charge in [0.15, 0.2) is 5.82 Å². The van der Waals surface area contributed by atoms with Crippen molar-refractivity contribution in [1.29, 1.82) is 0 Å². The SMILES string of the molecule is Nc1nc(C(F)(F)F)nn1-c1cc(Nc2ccccc2)cnn1. The molecule has 0 saturated carbocycles. The summed E-state index contributed by atoms with van der Waals surface area (Å²) in [5.41, 5.74) is 6.78. The number of nitrogens with two attached hydrogens (primary N) is 1. The van der Waals surface area contributed by atoms with Crippen LogP contribution in [0.25, 0.3) is 5.82 Å². The molecule has 0 aliphatic carbocycles. The van der Waals surface area contributed by atoms with Crippen molar-refractivity contribution in [3.05, 3.63) is 48.4 Å². The topological polar surface area (TPSA) is 94.5 Å². The van der Waals surface area contributed by atoms with Crippen molar-refractivity contribution < 1.29 is 13.2 Å². The summed E-state index contributed by atoms with van der Waals surface area (Å²) in [4.78, 5) is 3.19. The predicted octanol–water partition coefficient (Wildman–Crippen LogP) is 2.40. The molecule has 0 saturated heterocycles. The Kier molecular flexibility index (Phi) is 3.56. The van der Waals surface area contributed by atoms with E-state index < -0.39 is 17.9 Å². The molecular formula is C13H10F3N7. The van der Waals surface area contributed by atoms with E-state index in [9.17, 15) is 13.2 Å². The minimum absolute atomic E-state index is 0.0198. The zero-order valence-corrected chi connectivity index (χ0v) is 11.5. The van der Waals surface area contributed by atoms with Gasteiger partial charge < -0.3 is 11.1 Å². The molecule has 3 rings (SSSR count). The molecule has 0 radical (unpaired) electrons. The summed E-state index contributed by atoms with van der Waals surface area (Å²) >= 11 is 0. The van der Waals surface area contributed by atoms with Crippen LogP contribution in [0.1, 0.15) is 5.82 Å². The van der Waals surface area contributed by atoms with Crippen LogP contribution in [0.5, 0.6) is 0 Å². The van der Waals surface area contributed by atoms with Gasteiger partial charge in [0.05, 0.1) is 11.9 Å². The Morgan fingerprint density at radius 3 is 2.48 bits per heavy atom. The van der Waals surface area contributed by atoms with E-state index >= 15 is 0 Å². The fraction of sp³-hybridized carbons (Fsp3) is 0.0769. The summed E-state index contributed by atoms with van der Waals surface area (Å²) in [6, 6.07) is 10.6. The normalized spacial score (nSPS) is 11.4. The maximum Gasteiger partial charge on any atom is 0.453 e. The third kappa shape index (κ3) is 3.20. The van der Waals surface area contributed by atoms with E-state index in [1.807, 2.05) is 30.3 Å². The summed E-state index contributed by atoms with van der Waals surface area (Å²) < 4.78 is 38.6. The molecule has 0 amide bonds. The highest BCUT2D eigenvalue weighted by Gasteiger charge is 2.37. The second-order valence-corrected chi connectivity index (χ2v) is 4.50. The number of benzene rings is 1. The minimum atomic E-state index is -4.69. The zero-order chi connectivity index (χ0) is 16.4. The van der Waals surface area contributed by atoms with E-state index in [1.165, 1.54) is 12.3 Å². The molecular weight excluding hydrogens is 311 g/mol. The van der Waals surface area contributed by atoms with E-state index in [-0.39, 0.29) is 5.82 Å². The zero-order valence-electron chi connectivity index (χ0n) is 11.5. The Morgan fingerprint density at radius 1 is 1.09 bits per heavy atom. The van der Waals surface area contributed by atoms with Crippen molar-refractivity contribution >= 4 is 17.3 Å². The number of hydrogen-bond acceptors (Lipinski definition) is 6. The number of nitrogen functional groups attached to an aromatic ring is 1. The van der Waals surface area contributed by atoms with E-state index in [0.717, 1.165) is 10.4 Å². The monoisotopic (exact) mass is 321 g/mol. The van der Waals surface area contributed by atoms with Gasteiger partial charge in [0.1, 0.15) is 0 Å². The first kappa shape index (κ1) is 14.8. The van der Waals surface area contributed by atoms with Gasteiger partial charge in [0.25, 0.3) is 5.82 Å². The summed E-state index contributed by atoms with van der Waals surface area (Å²) in [6.07, 6.45) is -3.26. The molecule has 3 N–H and O–H groups in total. The van der Waals surface area contributed by atoms with Crippen LogP contribution < -0.4 is 11.1 Å². The molecule has 0 unspecified atom stereocenters.